The van der Waals surface area contributed by atoms with Crippen LogP contribution in [0.25, 0.3) is 33.3 Å². The first-order valence-corrected chi connectivity index (χ1v) is 12.0. The van der Waals surface area contributed by atoms with Gasteiger partial charge in [-0.15, -0.1) is 0 Å². The van der Waals surface area contributed by atoms with Crippen LogP contribution in [0.15, 0.2) is 23.1 Å². The van der Waals surface area contributed by atoms with Gasteiger partial charge in [0.05, 0.1) is 46.5 Å². The summed E-state index contributed by atoms with van der Waals surface area (Å²) in [6, 6.07) is 4.70. The van der Waals surface area contributed by atoms with E-state index in [-0.39, 0.29) is 80.8 Å². The summed E-state index contributed by atoms with van der Waals surface area (Å²) in [7, 11) is 1.55. The Labute approximate surface area is 225 Å². The molecule has 6 rings (SSSR count). The van der Waals surface area contributed by atoms with Crippen LogP contribution >= 0.6 is 0 Å². The molecule has 0 saturated heterocycles. The number of aromatic nitrogens is 5. The molecular weight excluding hydrogens is 505 g/mol. The highest BCUT2D eigenvalue weighted by molar-refractivity contribution is 5.98. The summed E-state index contributed by atoms with van der Waals surface area (Å²) >= 11 is 0. The molecule has 1 spiro atoms. The molecule has 0 unspecified atom stereocenters. The number of aromatic amines is 1. The van der Waals surface area contributed by atoms with Crippen LogP contribution in [0, 0.1) is 17.1 Å². The molecule has 1 amide bonds. The van der Waals surface area contributed by atoms with Crippen molar-refractivity contribution in [1.29, 1.82) is 5.26 Å². The van der Waals surface area contributed by atoms with Crippen molar-refractivity contribution in [2.75, 3.05) is 23.7 Å². The number of hydrogen-bond acceptors (Lipinski definition) is 9. The van der Waals surface area contributed by atoms with Crippen LogP contribution in [0.2, 0.25) is 0 Å². The Kier molecular flexibility index (Phi) is 4.66. The van der Waals surface area contributed by atoms with Crippen LogP contribution < -0.4 is 26.2 Å². The Morgan fingerprint density at radius 2 is 2.23 bits per heavy atom. The fraction of sp³-hybridized carbons (Fsp3) is 0.308. The van der Waals surface area contributed by atoms with E-state index in [1.807, 2.05) is 0 Å². The van der Waals surface area contributed by atoms with Gasteiger partial charge in [-0.1, -0.05) is 0 Å². The summed E-state index contributed by atoms with van der Waals surface area (Å²) in [6.45, 7) is -1.18. The third kappa shape index (κ3) is 3.63. The zero-order valence-corrected chi connectivity index (χ0v) is 20.9. The van der Waals surface area contributed by atoms with Gasteiger partial charge in [0.1, 0.15) is 28.9 Å². The number of nitrogens with one attached hydrogen (secondary N) is 2. The monoisotopic (exact) mass is 532 g/mol. The molecule has 3 aromatic heterocycles. The molecule has 4 heterocycles. The van der Waals surface area contributed by atoms with Crippen molar-refractivity contribution < 1.29 is 18.0 Å². The van der Waals surface area contributed by atoms with Crippen molar-refractivity contribution in [2.45, 2.75) is 31.9 Å². The molecule has 198 valence electrons. The molecule has 12 nitrogen and oxygen atoms in total. The summed E-state index contributed by atoms with van der Waals surface area (Å²) in [5.74, 6) is -1.29. The van der Waals surface area contributed by atoms with Gasteiger partial charge in [-0.2, -0.15) is 15.5 Å². The highest BCUT2D eigenvalue weighted by Crippen LogP contribution is 2.52. The predicted molar refractivity (Wildman–Crippen MR) is 141 cm³/mol. The molecule has 1 aliphatic carbocycles. The number of anilines is 2. The average Bonchev–Trinajstić information content (AvgIpc) is 3.56. The number of carbonyl (C=O) groups is 1. The number of nitrogens with two attached hydrogens (primary N) is 1. The van der Waals surface area contributed by atoms with E-state index in [0.29, 0.717) is 12.8 Å². The first kappa shape index (κ1) is 21.1. The minimum absolute atomic E-state index is 0.0686. The number of carbonyl (C=O) groups excluding carboxylic acids is 1. The number of rotatable bonds is 4. The second-order valence-electron chi connectivity index (χ2n) is 9.60. The van der Waals surface area contributed by atoms with Gasteiger partial charge >= 0.3 is 0 Å². The van der Waals surface area contributed by atoms with E-state index in [0.717, 1.165) is 6.07 Å². The van der Waals surface area contributed by atoms with E-state index < -0.39 is 24.0 Å². The Hall–Kier alpha value is -4.83. The van der Waals surface area contributed by atoms with E-state index in [2.05, 4.69) is 31.7 Å². The van der Waals surface area contributed by atoms with Gasteiger partial charge in [-0.25, -0.2) is 14.5 Å². The molecule has 39 heavy (non-hydrogen) atoms. The molecule has 1 aromatic carbocycles. The molecule has 13 heteroatoms. The third-order valence-corrected chi connectivity index (χ3v) is 7.18. The number of ether oxygens (including phenoxy) is 1. The maximum Gasteiger partial charge on any atom is 0.275 e. The zero-order valence-electron chi connectivity index (χ0n) is 23.9. The quantitative estimate of drug-likeness (QED) is 0.357. The predicted octanol–water partition coefficient (Wildman–Crippen LogP) is 2.17. The number of amides is 1. The highest BCUT2D eigenvalue weighted by Gasteiger charge is 2.52. The number of pyridine rings is 1. The lowest BCUT2D eigenvalue weighted by molar-refractivity contribution is -0.117. The van der Waals surface area contributed by atoms with E-state index in [9.17, 15) is 14.9 Å². The molecule has 1 fully saturated rings. The SMILES string of the molecule is [2H]C([2H])([2H])Nc1nc(-c2cnn(C)c2-c2c(F)cc3c(c2C#N)OC2(CC2)CN3C(C)=O)cc2c(CN)n[nH]c(=O)c12. The van der Waals surface area contributed by atoms with Crippen molar-refractivity contribution in [2.24, 2.45) is 12.8 Å². The highest BCUT2D eigenvalue weighted by atomic mass is 19.1. The number of nitriles is 1. The van der Waals surface area contributed by atoms with Crippen LogP contribution in [0.5, 0.6) is 5.75 Å². The van der Waals surface area contributed by atoms with Crippen LogP contribution in [-0.2, 0) is 18.4 Å². The molecule has 0 atom stereocenters. The van der Waals surface area contributed by atoms with Gasteiger partial charge < -0.3 is 20.7 Å². The van der Waals surface area contributed by atoms with E-state index in [1.54, 1.807) is 7.05 Å². The fourth-order valence-corrected chi connectivity index (χ4v) is 5.11. The standard InChI is InChI=1S/C26H24FN9O3/c1-12(37)36-11-26(4-5-26)39-23-14(8-28)20(16(27)7-19(23)36)22-15(10-31-35(22)3)17-6-13-18(9-29)33-34-25(38)21(13)24(30-2)32-17/h6-7,10H,4-5,9,11,29H2,1-3H3,(H,30,32)(H,34,38)/i2D3. The minimum atomic E-state index is -2.72. The van der Waals surface area contributed by atoms with Gasteiger partial charge in [0.15, 0.2) is 5.75 Å². The lowest BCUT2D eigenvalue weighted by atomic mass is 9.96. The van der Waals surface area contributed by atoms with Crippen LogP contribution in [0.3, 0.4) is 0 Å². The molecule has 1 saturated carbocycles. The number of H-pyrrole nitrogens is 1. The van der Waals surface area contributed by atoms with Crippen LogP contribution in [0.1, 0.15) is 35.1 Å². The van der Waals surface area contributed by atoms with E-state index in [1.165, 1.54) is 28.8 Å². The second kappa shape index (κ2) is 8.60. The van der Waals surface area contributed by atoms with Crippen molar-refractivity contribution in [3.63, 3.8) is 0 Å². The summed E-state index contributed by atoms with van der Waals surface area (Å²) in [4.78, 5) is 31.0. The minimum Gasteiger partial charge on any atom is -0.482 e. The largest absolute Gasteiger partial charge is 0.482 e. The number of aryl methyl sites for hydroxylation is 1. The van der Waals surface area contributed by atoms with E-state index in [4.69, 9.17) is 14.6 Å². The van der Waals surface area contributed by atoms with Crippen molar-refractivity contribution in [1.82, 2.24) is 25.0 Å². The molecular formula is C26H24FN9O3. The molecule has 2 aliphatic rings. The fourth-order valence-electron chi connectivity index (χ4n) is 5.11. The number of benzene rings is 1. The van der Waals surface area contributed by atoms with Gasteiger partial charge in [0.2, 0.25) is 5.91 Å². The Balaban J connectivity index is 1.63. The third-order valence-electron chi connectivity index (χ3n) is 7.18. The smallest absolute Gasteiger partial charge is 0.275 e. The molecule has 1 aliphatic heterocycles. The Bertz CT molecular complexity index is 1910. The summed E-state index contributed by atoms with van der Waals surface area (Å²) in [5.41, 5.74) is 5.17. The number of fused-ring (bicyclic) bond motifs is 2. The van der Waals surface area contributed by atoms with Crippen molar-refractivity contribution >= 4 is 28.2 Å². The van der Waals surface area contributed by atoms with Gasteiger partial charge in [0.25, 0.3) is 5.56 Å². The van der Waals surface area contributed by atoms with Gasteiger partial charge in [-0.3, -0.25) is 14.3 Å². The maximum absolute atomic E-state index is 16.1. The maximum atomic E-state index is 16.1. The second-order valence-corrected chi connectivity index (χ2v) is 9.60. The summed E-state index contributed by atoms with van der Waals surface area (Å²) in [5, 5.41) is 23.3. The number of hydrogen-bond donors (Lipinski definition) is 3. The molecule has 0 bridgehead atoms. The van der Waals surface area contributed by atoms with Gasteiger partial charge in [-0.05, 0) is 18.9 Å². The molecule has 4 aromatic rings. The summed E-state index contributed by atoms with van der Waals surface area (Å²) < 4.78 is 46.8. The van der Waals surface area contributed by atoms with Crippen molar-refractivity contribution in [3.05, 3.63) is 45.8 Å². The first-order chi connectivity index (χ1) is 19.9. The van der Waals surface area contributed by atoms with Crippen molar-refractivity contribution in [3.8, 4) is 34.3 Å². The zero-order chi connectivity index (χ0) is 30.1. The van der Waals surface area contributed by atoms with Crippen LogP contribution in [0.4, 0.5) is 15.9 Å². The molecule has 4 N–H and O–H groups in total. The average molecular weight is 533 g/mol. The first-order valence-electron chi connectivity index (χ1n) is 13.5. The lowest BCUT2D eigenvalue weighted by Crippen LogP contribution is -2.44. The number of halogens is 1. The topological polar surface area (TPSA) is 168 Å². The Morgan fingerprint density at radius 1 is 1.44 bits per heavy atom. The number of nitrogens with zero attached hydrogens (tertiary/aromatic N) is 6. The molecule has 0 radical (unpaired) electrons. The van der Waals surface area contributed by atoms with E-state index >= 15 is 4.39 Å². The van der Waals surface area contributed by atoms with Crippen LogP contribution in [-0.4, -0.2) is 50.0 Å². The Morgan fingerprint density at radius 3 is 2.90 bits per heavy atom. The normalized spacial score (nSPS) is 16.6. The van der Waals surface area contributed by atoms with Gasteiger partial charge in [0, 0.05) is 48.6 Å². The lowest BCUT2D eigenvalue weighted by Gasteiger charge is -2.35. The summed E-state index contributed by atoms with van der Waals surface area (Å²) in [6.07, 6.45) is 2.75.